The maximum Gasteiger partial charge on any atom is 0.335 e. The summed E-state index contributed by atoms with van der Waals surface area (Å²) in [4.78, 5) is 26.5. The predicted octanol–water partition coefficient (Wildman–Crippen LogP) is 1.39. The average Bonchev–Trinajstić information content (AvgIpc) is 2.92. The van der Waals surface area contributed by atoms with Gasteiger partial charge in [0.15, 0.2) is 0 Å². The number of carboxylic acids is 1. The third-order valence-corrected chi connectivity index (χ3v) is 2.56. The fourth-order valence-electron chi connectivity index (χ4n) is 1.59. The first kappa shape index (κ1) is 13.5. The summed E-state index contributed by atoms with van der Waals surface area (Å²) in [7, 11) is 0. The number of hydrogen-bond donors (Lipinski definition) is 4. The van der Waals surface area contributed by atoms with Gasteiger partial charge in [-0.25, -0.2) is 14.6 Å². The second-order valence-electron chi connectivity index (χ2n) is 4.08. The van der Waals surface area contributed by atoms with Gasteiger partial charge in [-0.2, -0.15) is 5.10 Å². The summed E-state index contributed by atoms with van der Waals surface area (Å²) in [5.74, 6) is -0.525. The molecule has 0 fully saturated rings. The molecule has 1 heterocycles. The SMILES string of the molecule is CC(NC(=O)Nc1cccc(C(=O)O)c1)c1ncn[nH]1. The number of carbonyl (C=O) groups is 2. The molecule has 1 unspecified atom stereocenters. The van der Waals surface area contributed by atoms with E-state index in [-0.39, 0.29) is 11.6 Å². The highest BCUT2D eigenvalue weighted by Gasteiger charge is 2.12. The lowest BCUT2D eigenvalue weighted by Gasteiger charge is -2.12. The molecule has 104 valence electrons. The summed E-state index contributed by atoms with van der Waals surface area (Å²) in [6.07, 6.45) is 1.35. The molecule has 0 radical (unpaired) electrons. The minimum Gasteiger partial charge on any atom is -0.478 e. The van der Waals surface area contributed by atoms with E-state index in [1.807, 2.05) is 0 Å². The molecule has 2 aromatic rings. The maximum absolute atomic E-state index is 11.8. The first-order valence-corrected chi connectivity index (χ1v) is 5.82. The van der Waals surface area contributed by atoms with E-state index < -0.39 is 12.0 Å². The Labute approximate surface area is 114 Å². The highest BCUT2D eigenvalue weighted by Crippen LogP contribution is 2.11. The summed E-state index contributed by atoms with van der Waals surface area (Å²) >= 11 is 0. The number of nitrogens with zero attached hydrogens (tertiary/aromatic N) is 2. The molecule has 2 amide bonds. The summed E-state index contributed by atoms with van der Waals surface area (Å²) in [6, 6.07) is 5.17. The van der Waals surface area contributed by atoms with Crippen LogP contribution in [0.15, 0.2) is 30.6 Å². The monoisotopic (exact) mass is 275 g/mol. The first-order chi connectivity index (χ1) is 9.56. The fourth-order valence-corrected chi connectivity index (χ4v) is 1.59. The average molecular weight is 275 g/mol. The molecule has 8 nitrogen and oxygen atoms in total. The number of aromatic carboxylic acids is 1. The Morgan fingerprint density at radius 1 is 1.40 bits per heavy atom. The highest BCUT2D eigenvalue weighted by molar-refractivity contribution is 5.93. The third-order valence-electron chi connectivity index (χ3n) is 2.56. The molecule has 8 heteroatoms. The van der Waals surface area contributed by atoms with Crippen LogP contribution in [0.2, 0.25) is 0 Å². The van der Waals surface area contributed by atoms with E-state index in [0.717, 1.165) is 0 Å². The molecule has 0 bridgehead atoms. The van der Waals surface area contributed by atoms with Gasteiger partial charge in [-0.05, 0) is 25.1 Å². The number of anilines is 1. The number of H-pyrrole nitrogens is 1. The second kappa shape index (κ2) is 5.83. The predicted molar refractivity (Wildman–Crippen MR) is 70.4 cm³/mol. The Bertz CT molecular complexity index is 611. The Morgan fingerprint density at radius 3 is 2.85 bits per heavy atom. The van der Waals surface area contributed by atoms with Crippen molar-refractivity contribution in [3.8, 4) is 0 Å². The van der Waals surface area contributed by atoms with Crippen LogP contribution in [0.5, 0.6) is 0 Å². The molecule has 1 atom stereocenters. The molecule has 1 aromatic carbocycles. The largest absolute Gasteiger partial charge is 0.478 e. The molecule has 1 aromatic heterocycles. The molecule has 0 aliphatic rings. The van der Waals surface area contributed by atoms with Gasteiger partial charge in [0.2, 0.25) is 0 Å². The van der Waals surface area contributed by atoms with Gasteiger partial charge in [0, 0.05) is 5.69 Å². The quantitative estimate of drug-likeness (QED) is 0.672. The van der Waals surface area contributed by atoms with E-state index in [0.29, 0.717) is 11.5 Å². The lowest BCUT2D eigenvalue weighted by Crippen LogP contribution is -2.31. The number of aromatic nitrogens is 3. The van der Waals surface area contributed by atoms with Crippen LogP contribution in [0.3, 0.4) is 0 Å². The van der Waals surface area contributed by atoms with Crippen LogP contribution in [-0.2, 0) is 0 Å². The van der Waals surface area contributed by atoms with Gasteiger partial charge in [-0.15, -0.1) is 0 Å². The van der Waals surface area contributed by atoms with Crippen molar-refractivity contribution in [3.05, 3.63) is 42.0 Å². The highest BCUT2D eigenvalue weighted by atomic mass is 16.4. The van der Waals surface area contributed by atoms with Gasteiger partial charge < -0.3 is 15.7 Å². The summed E-state index contributed by atoms with van der Waals surface area (Å²) < 4.78 is 0. The van der Waals surface area contributed by atoms with Gasteiger partial charge in [0.05, 0.1) is 11.6 Å². The van der Waals surface area contributed by atoms with Crippen molar-refractivity contribution in [2.24, 2.45) is 0 Å². The number of hydrogen-bond acceptors (Lipinski definition) is 4. The smallest absolute Gasteiger partial charge is 0.335 e. The third kappa shape index (κ3) is 3.31. The number of amides is 2. The number of benzene rings is 1. The molecule has 4 N–H and O–H groups in total. The van der Waals surface area contributed by atoms with Crippen molar-refractivity contribution in [3.63, 3.8) is 0 Å². The van der Waals surface area contributed by atoms with E-state index in [9.17, 15) is 9.59 Å². The summed E-state index contributed by atoms with van der Waals surface area (Å²) in [5, 5.41) is 20.4. The zero-order chi connectivity index (χ0) is 14.5. The second-order valence-corrected chi connectivity index (χ2v) is 4.08. The number of nitrogens with one attached hydrogen (secondary N) is 3. The Kier molecular flexibility index (Phi) is 3.94. The standard InChI is InChI=1S/C12H13N5O3/c1-7(10-13-6-14-17-10)15-12(20)16-9-4-2-3-8(5-9)11(18)19/h2-7H,1H3,(H,18,19)(H,13,14,17)(H2,15,16,20). The van der Waals surface area contributed by atoms with Crippen molar-refractivity contribution >= 4 is 17.7 Å². The minimum absolute atomic E-state index is 0.103. The zero-order valence-corrected chi connectivity index (χ0v) is 10.6. The van der Waals surface area contributed by atoms with Crippen LogP contribution >= 0.6 is 0 Å². The molecular formula is C12H13N5O3. The lowest BCUT2D eigenvalue weighted by molar-refractivity contribution is 0.0697. The van der Waals surface area contributed by atoms with Crippen molar-refractivity contribution < 1.29 is 14.7 Å². The van der Waals surface area contributed by atoms with Crippen LogP contribution in [0, 0.1) is 0 Å². The van der Waals surface area contributed by atoms with Crippen LogP contribution in [0.4, 0.5) is 10.5 Å². The molecule has 0 aliphatic heterocycles. The van der Waals surface area contributed by atoms with Crippen LogP contribution in [0.25, 0.3) is 0 Å². The van der Waals surface area contributed by atoms with Crippen molar-refractivity contribution in [2.45, 2.75) is 13.0 Å². The fraction of sp³-hybridized carbons (Fsp3) is 0.167. The van der Waals surface area contributed by atoms with Gasteiger partial charge >= 0.3 is 12.0 Å². The van der Waals surface area contributed by atoms with Gasteiger partial charge in [0.25, 0.3) is 0 Å². The lowest BCUT2D eigenvalue weighted by atomic mass is 10.2. The topological polar surface area (TPSA) is 120 Å². The zero-order valence-electron chi connectivity index (χ0n) is 10.6. The molecule has 0 spiro atoms. The van der Waals surface area contributed by atoms with Gasteiger partial charge in [0.1, 0.15) is 12.2 Å². The van der Waals surface area contributed by atoms with Gasteiger partial charge in [-0.1, -0.05) is 6.07 Å². The van der Waals surface area contributed by atoms with E-state index >= 15 is 0 Å². The number of carboxylic acid groups (broad SMARTS) is 1. The molecule has 20 heavy (non-hydrogen) atoms. The molecule has 0 saturated carbocycles. The van der Waals surface area contributed by atoms with Crippen LogP contribution < -0.4 is 10.6 Å². The Hall–Kier alpha value is -2.90. The number of urea groups is 1. The minimum atomic E-state index is -1.05. The van der Waals surface area contributed by atoms with Crippen molar-refractivity contribution in [2.75, 3.05) is 5.32 Å². The summed E-state index contributed by atoms with van der Waals surface area (Å²) in [5.41, 5.74) is 0.498. The molecule has 2 rings (SSSR count). The van der Waals surface area contributed by atoms with E-state index in [1.165, 1.54) is 18.5 Å². The van der Waals surface area contributed by atoms with E-state index in [4.69, 9.17) is 5.11 Å². The number of aromatic amines is 1. The van der Waals surface area contributed by atoms with Crippen LogP contribution in [0.1, 0.15) is 29.1 Å². The molecule has 0 aliphatic carbocycles. The van der Waals surface area contributed by atoms with E-state index in [1.54, 1.807) is 19.1 Å². The normalized spacial score (nSPS) is 11.7. The Balaban J connectivity index is 1.98. The Morgan fingerprint density at radius 2 is 2.20 bits per heavy atom. The van der Waals surface area contributed by atoms with Crippen molar-refractivity contribution in [1.82, 2.24) is 20.5 Å². The maximum atomic E-state index is 11.8. The van der Waals surface area contributed by atoms with Crippen molar-refractivity contribution in [1.29, 1.82) is 0 Å². The van der Waals surface area contributed by atoms with Gasteiger partial charge in [-0.3, -0.25) is 5.10 Å². The van der Waals surface area contributed by atoms with Crippen LogP contribution in [-0.4, -0.2) is 32.3 Å². The molecular weight excluding hydrogens is 262 g/mol. The first-order valence-electron chi connectivity index (χ1n) is 5.82. The number of carbonyl (C=O) groups excluding carboxylic acids is 1. The van der Waals surface area contributed by atoms with E-state index in [2.05, 4.69) is 25.8 Å². The molecule has 0 saturated heterocycles. The summed E-state index contributed by atoms with van der Waals surface area (Å²) in [6.45, 7) is 1.74. The number of rotatable bonds is 4.